The van der Waals surface area contributed by atoms with E-state index in [0.29, 0.717) is 23.6 Å². The summed E-state index contributed by atoms with van der Waals surface area (Å²) in [5.74, 6) is 0.693. The van der Waals surface area contributed by atoms with Crippen LogP contribution in [-0.2, 0) is 9.59 Å². The molecule has 0 spiro atoms. The SMILES string of the molecule is COc1ccc(-c2noc(-c3ccccc3NC(=O)[C@H]3CC(=O)N(c4ccccc4)C3)n2)cc1. The third kappa shape index (κ3) is 4.25. The van der Waals surface area contributed by atoms with Crippen LogP contribution in [-0.4, -0.2) is 35.6 Å². The molecule has 1 aliphatic rings. The summed E-state index contributed by atoms with van der Waals surface area (Å²) in [4.78, 5) is 31.7. The summed E-state index contributed by atoms with van der Waals surface area (Å²) in [7, 11) is 1.60. The molecule has 0 unspecified atom stereocenters. The molecule has 2 heterocycles. The fourth-order valence-electron chi connectivity index (χ4n) is 3.94. The van der Waals surface area contributed by atoms with Crippen LogP contribution in [0.25, 0.3) is 22.8 Å². The van der Waals surface area contributed by atoms with Crippen LogP contribution < -0.4 is 15.0 Å². The molecular formula is C26H22N4O4. The molecular weight excluding hydrogens is 432 g/mol. The monoisotopic (exact) mass is 454 g/mol. The molecule has 1 N–H and O–H groups in total. The van der Waals surface area contributed by atoms with Crippen molar-refractivity contribution in [2.24, 2.45) is 5.92 Å². The summed E-state index contributed by atoms with van der Waals surface area (Å²) < 4.78 is 10.7. The fourth-order valence-corrected chi connectivity index (χ4v) is 3.94. The molecule has 1 fully saturated rings. The minimum atomic E-state index is -0.460. The minimum absolute atomic E-state index is 0.0688. The number of ether oxygens (including phenoxy) is 1. The number of carbonyl (C=O) groups is 2. The lowest BCUT2D eigenvalue weighted by atomic mass is 10.1. The lowest BCUT2D eigenvalue weighted by Crippen LogP contribution is -2.28. The van der Waals surface area contributed by atoms with Crippen LogP contribution >= 0.6 is 0 Å². The van der Waals surface area contributed by atoms with Gasteiger partial charge in [-0.3, -0.25) is 9.59 Å². The highest BCUT2D eigenvalue weighted by Gasteiger charge is 2.35. The van der Waals surface area contributed by atoms with E-state index in [9.17, 15) is 9.59 Å². The molecule has 1 aromatic heterocycles. The van der Waals surface area contributed by atoms with E-state index < -0.39 is 5.92 Å². The van der Waals surface area contributed by atoms with Crippen molar-refractivity contribution >= 4 is 23.2 Å². The van der Waals surface area contributed by atoms with Crippen LogP contribution in [0, 0.1) is 5.92 Å². The normalized spacial score (nSPS) is 15.4. The summed E-state index contributed by atoms with van der Waals surface area (Å²) >= 11 is 0. The highest BCUT2D eigenvalue weighted by Crippen LogP contribution is 2.31. The summed E-state index contributed by atoms with van der Waals surface area (Å²) in [6, 6.07) is 23.9. The molecule has 3 aromatic carbocycles. The highest BCUT2D eigenvalue weighted by molar-refractivity contribution is 6.04. The third-order valence-electron chi connectivity index (χ3n) is 5.75. The number of nitrogens with one attached hydrogen (secondary N) is 1. The largest absolute Gasteiger partial charge is 0.497 e. The molecule has 1 saturated heterocycles. The first-order valence-corrected chi connectivity index (χ1v) is 10.9. The van der Waals surface area contributed by atoms with Crippen molar-refractivity contribution in [3.05, 3.63) is 78.9 Å². The number of hydrogen-bond acceptors (Lipinski definition) is 6. The summed E-state index contributed by atoms with van der Waals surface area (Å²) in [6.07, 6.45) is 0.158. The highest BCUT2D eigenvalue weighted by atomic mass is 16.5. The van der Waals surface area contributed by atoms with Gasteiger partial charge in [0, 0.05) is 24.2 Å². The van der Waals surface area contributed by atoms with E-state index in [1.807, 2.05) is 66.7 Å². The average molecular weight is 454 g/mol. The van der Waals surface area contributed by atoms with Crippen LogP contribution in [0.15, 0.2) is 83.4 Å². The maximum Gasteiger partial charge on any atom is 0.260 e. The first-order chi connectivity index (χ1) is 16.6. The molecule has 8 heteroatoms. The number of para-hydroxylation sites is 2. The smallest absolute Gasteiger partial charge is 0.260 e. The van der Waals surface area contributed by atoms with Gasteiger partial charge in [0.2, 0.25) is 17.6 Å². The van der Waals surface area contributed by atoms with E-state index in [2.05, 4.69) is 15.5 Å². The van der Waals surface area contributed by atoms with Crippen LogP contribution in [0.5, 0.6) is 5.75 Å². The van der Waals surface area contributed by atoms with Gasteiger partial charge in [-0.15, -0.1) is 0 Å². The Morgan fingerprint density at radius 1 is 1.03 bits per heavy atom. The Labute approximate surface area is 196 Å². The Bertz CT molecular complexity index is 1320. The van der Waals surface area contributed by atoms with Gasteiger partial charge in [0.15, 0.2) is 0 Å². The minimum Gasteiger partial charge on any atom is -0.497 e. The van der Waals surface area contributed by atoms with E-state index in [1.54, 1.807) is 24.1 Å². The number of nitrogens with zero attached hydrogens (tertiary/aromatic N) is 3. The number of hydrogen-bond donors (Lipinski definition) is 1. The average Bonchev–Trinajstić information content (AvgIpc) is 3.52. The number of benzene rings is 3. The van der Waals surface area contributed by atoms with Crippen LogP contribution in [0.2, 0.25) is 0 Å². The number of anilines is 2. The topological polar surface area (TPSA) is 97.6 Å². The van der Waals surface area contributed by atoms with E-state index in [0.717, 1.165) is 17.0 Å². The van der Waals surface area contributed by atoms with Crippen molar-refractivity contribution < 1.29 is 18.8 Å². The fraction of sp³-hybridized carbons (Fsp3) is 0.154. The molecule has 1 aliphatic heterocycles. The molecule has 1 atom stereocenters. The zero-order valence-electron chi connectivity index (χ0n) is 18.5. The quantitative estimate of drug-likeness (QED) is 0.464. The van der Waals surface area contributed by atoms with E-state index in [4.69, 9.17) is 9.26 Å². The van der Waals surface area contributed by atoms with E-state index in [-0.39, 0.29) is 24.1 Å². The zero-order chi connectivity index (χ0) is 23.5. The second-order valence-electron chi connectivity index (χ2n) is 7.93. The summed E-state index contributed by atoms with van der Waals surface area (Å²) in [5.41, 5.74) is 2.72. The molecule has 170 valence electrons. The Hall–Kier alpha value is -4.46. The molecule has 8 nitrogen and oxygen atoms in total. The molecule has 2 amide bonds. The van der Waals surface area contributed by atoms with E-state index in [1.165, 1.54) is 0 Å². The van der Waals surface area contributed by atoms with Gasteiger partial charge >= 0.3 is 0 Å². The van der Waals surface area contributed by atoms with Crippen LogP contribution in [0.4, 0.5) is 11.4 Å². The number of methoxy groups -OCH3 is 1. The Balaban J connectivity index is 1.33. The summed E-state index contributed by atoms with van der Waals surface area (Å²) in [6.45, 7) is 0.332. The van der Waals surface area contributed by atoms with Gasteiger partial charge in [-0.2, -0.15) is 4.98 Å². The van der Waals surface area contributed by atoms with Gasteiger partial charge in [0.05, 0.1) is 24.3 Å². The van der Waals surface area contributed by atoms with Gasteiger partial charge in [0.1, 0.15) is 5.75 Å². The van der Waals surface area contributed by atoms with Gasteiger partial charge in [-0.05, 0) is 48.5 Å². The Morgan fingerprint density at radius 2 is 1.76 bits per heavy atom. The van der Waals surface area contributed by atoms with E-state index >= 15 is 0 Å². The number of rotatable bonds is 6. The first kappa shape index (κ1) is 21.4. The first-order valence-electron chi connectivity index (χ1n) is 10.9. The number of amides is 2. The van der Waals surface area contributed by atoms with Gasteiger partial charge in [-0.1, -0.05) is 35.5 Å². The Kier molecular flexibility index (Phi) is 5.78. The van der Waals surface area contributed by atoms with Crippen molar-refractivity contribution in [1.82, 2.24) is 10.1 Å². The zero-order valence-corrected chi connectivity index (χ0v) is 18.5. The molecule has 0 radical (unpaired) electrons. The standard InChI is InChI=1S/C26H22N4O4/c1-33-20-13-11-17(12-14-20)24-28-26(34-29-24)21-9-5-6-10-22(21)27-25(32)18-15-23(31)30(16-18)19-7-3-2-4-8-19/h2-14,18H,15-16H2,1H3,(H,27,32)/t18-/m0/s1. The summed E-state index contributed by atoms with van der Waals surface area (Å²) in [5, 5.41) is 7.02. The van der Waals surface area contributed by atoms with Crippen molar-refractivity contribution in [3.63, 3.8) is 0 Å². The van der Waals surface area contributed by atoms with Crippen LogP contribution in [0.1, 0.15) is 6.42 Å². The second-order valence-corrected chi connectivity index (χ2v) is 7.93. The maximum absolute atomic E-state index is 13.0. The molecule has 0 aliphatic carbocycles. The predicted molar refractivity (Wildman–Crippen MR) is 127 cm³/mol. The van der Waals surface area contributed by atoms with Gasteiger partial charge in [-0.25, -0.2) is 0 Å². The number of aromatic nitrogens is 2. The van der Waals surface area contributed by atoms with Crippen LogP contribution in [0.3, 0.4) is 0 Å². The lowest BCUT2D eigenvalue weighted by Gasteiger charge is -2.16. The van der Waals surface area contributed by atoms with Crippen molar-refractivity contribution in [2.45, 2.75) is 6.42 Å². The lowest BCUT2D eigenvalue weighted by molar-refractivity contribution is -0.122. The molecule has 34 heavy (non-hydrogen) atoms. The van der Waals surface area contributed by atoms with Gasteiger partial charge in [0.25, 0.3) is 5.89 Å². The molecule has 0 saturated carbocycles. The van der Waals surface area contributed by atoms with Crippen molar-refractivity contribution in [1.29, 1.82) is 0 Å². The Morgan fingerprint density at radius 3 is 2.53 bits per heavy atom. The van der Waals surface area contributed by atoms with Crippen molar-refractivity contribution in [3.8, 4) is 28.6 Å². The van der Waals surface area contributed by atoms with Gasteiger partial charge < -0.3 is 19.5 Å². The number of carbonyl (C=O) groups excluding carboxylic acids is 2. The maximum atomic E-state index is 13.0. The molecule has 0 bridgehead atoms. The predicted octanol–water partition coefficient (Wildman–Crippen LogP) is 4.40. The third-order valence-corrected chi connectivity index (χ3v) is 5.75. The van der Waals surface area contributed by atoms with Crippen molar-refractivity contribution in [2.75, 3.05) is 23.9 Å². The second kappa shape index (κ2) is 9.19. The molecule has 4 aromatic rings. The molecule has 5 rings (SSSR count).